The van der Waals surface area contributed by atoms with E-state index in [2.05, 4.69) is 21.7 Å². The van der Waals surface area contributed by atoms with Crippen LogP contribution in [0.2, 0.25) is 0 Å². The van der Waals surface area contributed by atoms with E-state index in [0.717, 1.165) is 23.3 Å². The van der Waals surface area contributed by atoms with Crippen molar-refractivity contribution in [3.8, 4) is 0 Å². The summed E-state index contributed by atoms with van der Waals surface area (Å²) < 4.78 is 0. The summed E-state index contributed by atoms with van der Waals surface area (Å²) in [5.41, 5.74) is 12.9. The Morgan fingerprint density at radius 1 is 0.893 bits per heavy atom. The average molecular weight is 383 g/mol. The van der Waals surface area contributed by atoms with Gasteiger partial charge in [-0.15, -0.1) is 0 Å². The second-order valence-electron chi connectivity index (χ2n) is 9.67. The van der Waals surface area contributed by atoms with Crippen LogP contribution in [0.5, 0.6) is 0 Å². The normalized spacial score (nSPS) is 38.4. The van der Waals surface area contributed by atoms with E-state index in [-0.39, 0.29) is 29.3 Å². The fraction of sp³-hybridized carbons (Fsp3) is 0.636. The highest BCUT2D eigenvalue weighted by Gasteiger charge is 2.51. The quantitative estimate of drug-likeness (QED) is 0.603. The Morgan fingerprint density at radius 2 is 1.54 bits per heavy atom. The van der Waals surface area contributed by atoms with Gasteiger partial charge in [0.2, 0.25) is 5.91 Å². The lowest BCUT2D eigenvalue weighted by Gasteiger charge is -2.56. The van der Waals surface area contributed by atoms with E-state index in [1.807, 2.05) is 30.3 Å². The van der Waals surface area contributed by atoms with Gasteiger partial charge in [0.25, 0.3) is 5.91 Å². The highest BCUT2D eigenvalue weighted by Crippen LogP contribution is 2.61. The molecule has 6 nitrogen and oxygen atoms in total. The predicted molar refractivity (Wildman–Crippen MR) is 105 cm³/mol. The monoisotopic (exact) mass is 382 g/mol. The fourth-order valence-corrected chi connectivity index (χ4v) is 6.74. The molecule has 2 amide bonds. The Kier molecular flexibility index (Phi) is 4.63. The molecule has 1 saturated heterocycles. The van der Waals surface area contributed by atoms with Crippen LogP contribution in [0.15, 0.2) is 30.3 Å². The lowest BCUT2D eigenvalue weighted by molar-refractivity contribution is -0.134. The van der Waals surface area contributed by atoms with Crippen molar-refractivity contribution < 1.29 is 9.59 Å². The van der Waals surface area contributed by atoms with Gasteiger partial charge in [0.05, 0.1) is 0 Å². The molecule has 28 heavy (non-hydrogen) atoms. The van der Waals surface area contributed by atoms with Crippen LogP contribution in [0.25, 0.3) is 0 Å². The molecule has 0 radical (unpaired) electrons. The minimum atomic E-state index is -0.356. The highest BCUT2D eigenvalue weighted by molar-refractivity contribution is 5.85. The molecule has 0 spiro atoms. The molecule has 4 bridgehead atoms. The van der Waals surface area contributed by atoms with Crippen molar-refractivity contribution in [2.75, 3.05) is 0 Å². The van der Waals surface area contributed by atoms with Crippen LogP contribution in [0.4, 0.5) is 0 Å². The summed E-state index contributed by atoms with van der Waals surface area (Å²) in [5, 5.41) is 0. The largest absolute Gasteiger partial charge is 0.273 e. The van der Waals surface area contributed by atoms with E-state index in [0.29, 0.717) is 12.8 Å². The second-order valence-corrected chi connectivity index (χ2v) is 9.67. The van der Waals surface area contributed by atoms with Gasteiger partial charge in [-0.2, -0.15) is 0 Å². The van der Waals surface area contributed by atoms with E-state index in [1.165, 1.54) is 38.5 Å². The van der Waals surface area contributed by atoms with Crippen molar-refractivity contribution in [2.24, 2.45) is 23.2 Å². The fourth-order valence-electron chi connectivity index (χ4n) is 6.74. The summed E-state index contributed by atoms with van der Waals surface area (Å²) in [7, 11) is 0. The van der Waals surface area contributed by atoms with Gasteiger partial charge in [-0.05, 0) is 73.7 Å². The van der Waals surface area contributed by atoms with E-state index >= 15 is 0 Å². The third-order valence-electron chi connectivity index (χ3n) is 7.45. The number of carbonyl (C=O) groups is 2. The van der Waals surface area contributed by atoms with E-state index in [9.17, 15) is 9.59 Å². The number of hydrogen-bond acceptors (Lipinski definition) is 4. The van der Waals surface area contributed by atoms with Crippen LogP contribution in [0.1, 0.15) is 63.0 Å². The zero-order valence-electron chi connectivity index (χ0n) is 16.2. The SMILES string of the molecule is O=C(CC12CC3CC(CC(C3)C1)C2)NNC(=O)C1CC(c2ccccc2)NN1. The summed E-state index contributed by atoms with van der Waals surface area (Å²) in [6, 6.07) is 9.81. The first-order valence-electron chi connectivity index (χ1n) is 10.7. The summed E-state index contributed by atoms with van der Waals surface area (Å²) >= 11 is 0. The maximum absolute atomic E-state index is 12.6. The number of nitrogens with one attached hydrogen (secondary N) is 4. The molecule has 5 aliphatic rings. The van der Waals surface area contributed by atoms with Gasteiger partial charge < -0.3 is 0 Å². The number of hydrogen-bond donors (Lipinski definition) is 4. The van der Waals surface area contributed by atoms with Crippen molar-refractivity contribution in [3.05, 3.63) is 35.9 Å². The van der Waals surface area contributed by atoms with Crippen molar-refractivity contribution in [1.82, 2.24) is 21.7 Å². The molecule has 5 fully saturated rings. The summed E-state index contributed by atoms with van der Waals surface area (Å²) in [6.45, 7) is 0. The lowest BCUT2D eigenvalue weighted by atomic mass is 9.49. The smallest absolute Gasteiger partial charge is 0.256 e. The van der Waals surface area contributed by atoms with Crippen LogP contribution in [0.3, 0.4) is 0 Å². The molecular weight excluding hydrogens is 352 g/mol. The van der Waals surface area contributed by atoms with Crippen molar-refractivity contribution >= 4 is 11.8 Å². The number of carbonyl (C=O) groups excluding carboxylic acids is 2. The van der Waals surface area contributed by atoms with Gasteiger partial charge in [0, 0.05) is 12.5 Å². The van der Waals surface area contributed by atoms with Gasteiger partial charge in [0.1, 0.15) is 6.04 Å². The Hall–Kier alpha value is -1.92. The first-order chi connectivity index (χ1) is 13.6. The molecule has 6 heteroatoms. The van der Waals surface area contributed by atoms with E-state index in [4.69, 9.17) is 0 Å². The molecule has 4 N–H and O–H groups in total. The minimum Gasteiger partial charge on any atom is -0.273 e. The van der Waals surface area contributed by atoms with Gasteiger partial charge in [-0.25, -0.2) is 10.9 Å². The zero-order valence-corrected chi connectivity index (χ0v) is 16.2. The molecule has 4 aliphatic carbocycles. The third-order valence-corrected chi connectivity index (χ3v) is 7.45. The van der Waals surface area contributed by atoms with Crippen LogP contribution in [-0.2, 0) is 9.59 Å². The first kappa shape index (κ1) is 18.1. The van der Waals surface area contributed by atoms with Gasteiger partial charge >= 0.3 is 0 Å². The Labute approximate surface area is 166 Å². The molecular formula is C22H30N4O2. The molecule has 150 valence electrons. The lowest BCUT2D eigenvalue weighted by Crippen LogP contribution is -2.52. The van der Waals surface area contributed by atoms with E-state index in [1.54, 1.807) is 0 Å². The number of benzene rings is 1. The summed E-state index contributed by atoms with van der Waals surface area (Å²) in [6.07, 6.45) is 8.94. The predicted octanol–water partition coefficient (Wildman–Crippen LogP) is 2.35. The number of hydrazine groups is 2. The Balaban J connectivity index is 1.11. The third kappa shape index (κ3) is 3.55. The number of amides is 2. The molecule has 6 rings (SSSR count). The Morgan fingerprint density at radius 3 is 2.18 bits per heavy atom. The first-order valence-corrected chi connectivity index (χ1v) is 10.7. The van der Waals surface area contributed by atoms with Crippen LogP contribution < -0.4 is 21.7 Å². The maximum Gasteiger partial charge on any atom is 0.256 e. The number of rotatable bonds is 4. The van der Waals surface area contributed by atoms with Crippen molar-refractivity contribution in [3.63, 3.8) is 0 Å². The molecule has 2 atom stereocenters. The summed E-state index contributed by atoms with van der Waals surface area (Å²) in [4.78, 5) is 25.0. The molecule has 4 saturated carbocycles. The Bertz CT molecular complexity index is 715. The molecule has 1 aliphatic heterocycles. The highest BCUT2D eigenvalue weighted by atomic mass is 16.2. The molecule has 1 heterocycles. The van der Waals surface area contributed by atoms with Gasteiger partial charge in [-0.3, -0.25) is 20.4 Å². The standard InChI is InChI=1S/C22H30N4O2/c27-20(13-22-10-14-6-15(11-22)8-16(7-14)12-22)25-26-21(28)19-9-18(23-24-19)17-4-2-1-3-5-17/h1-5,14-16,18-19,23-24H,6-13H2,(H,25,27)(H,26,28). The molecule has 1 aromatic carbocycles. The van der Waals surface area contributed by atoms with Crippen LogP contribution in [0, 0.1) is 23.2 Å². The van der Waals surface area contributed by atoms with E-state index < -0.39 is 0 Å². The van der Waals surface area contributed by atoms with Crippen molar-refractivity contribution in [2.45, 2.75) is 63.5 Å². The average Bonchev–Trinajstić information content (AvgIpc) is 3.16. The van der Waals surface area contributed by atoms with Crippen molar-refractivity contribution in [1.29, 1.82) is 0 Å². The maximum atomic E-state index is 12.6. The van der Waals surface area contributed by atoms with Gasteiger partial charge in [0.15, 0.2) is 0 Å². The second kappa shape index (κ2) is 7.16. The van der Waals surface area contributed by atoms with Crippen LogP contribution in [-0.4, -0.2) is 17.9 Å². The minimum absolute atomic E-state index is 0.0409. The van der Waals surface area contributed by atoms with Crippen LogP contribution >= 0.6 is 0 Å². The zero-order chi connectivity index (χ0) is 19.1. The molecule has 2 unspecified atom stereocenters. The summed E-state index contributed by atoms with van der Waals surface area (Å²) in [5.74, 6) is 2.26. The molecule has 1 aromatic rings. The topological polar surface area (TPSA) is 82.3 Å². The molecule has 0 aromatic heterocycles. The van der Waals surface area contributed by atoms with Gasteiger partial charge in [-0.1, -0.05) is 30.3 Å².